The smallest absolute Gasteiger partial charge is 0.115 e. The van der Waals surface area contributed by atoms with E-state index in [1.807, 2.05) is 32.9 Å². The molecule has 1 atom stereocenters. The molecule has 1 heterocycles. The third-order valence-electron chi connectivity index (χ3n) is 3.71. The van der Waals surface area contributed by atoms with Gasteiger partial charge in [-0.2, -0.15) is 0 Å². The van der Waals surface area contributed by atoms with E-state index in [4.69, 9.17) is 0 Å². The molecule has 0 aromatic heterocycles. The van der Waals surface area contributed by atoms with Gasteiger partial charge in [-0.1, -0.05) is 12.1 Å². The van der Waals surface area contributed by atoms with Crippen molar-refractivity contribution in [1.82, 2.24) is 5.06 Å². The molecule has 1 saturated heterocycles. The van der Waals surface area contributed by atoms with Crippen LogP contribution < -0.4 is 0 Å². The van der Waals surface area contributed by atoms with E-state index in [2.05, 4.69) is 0 Å². The number of benzene rings is 1. The third kappa shape index (κ3) is 1.60. The molecule has 1 radical (unpaired) electrons. The van der Waals surface area contributed by atoms with Crippen molar-refractivity contribution >= 4 is 0 Å². The molecule has 0 saturated carbocycles. The fourth-order valence-corrected chi connectivity index (χ4v) is 2.50. The SMILES string of the molecule is CC1(C)CC[C@@](C)(c2ccc(O)cc2)N1[O]. The average Bonchev–Trinajstić information content (AvgIpc) is 2.45. The first-order valence-electron chi connectivity index (χ1n) is 5.63. The van der Waals surface area contributed by atoms with Crippen LogP contribution >= 0.6 is 0 Å². The molecule has 0 aliphatic carbocycles. The molecule has 87 valence electrons. The summed E-state index contributed by atoms with van der Waals surface area (Å²) >= 11 is 0. The summed E-state index contributed by atoms with van der Waals surface area (Å²) in [5.74, 6) is 0.238. The maximum absolute atomic E-state index is 12.3. The first-order chi connectivity index (χ1) is 7.36. The number of nitrogens with zero attached hydrogens (tertiary/aromatic N) is 1. The Balaban J connectivity index is 2.37. The summed E-state index contributed by atoms with van der Waals surface area (Å²) < 4.78 is 0. The van der Waals surface area contributed by atoms with E-state index < -0.39 is 5.54 Å². The summed E-state index contributed by atoms with van der Waals surface area (Å²) in [7, 11) is 0. The second kappa shape index (κ2) is 3.47. The highest BCUT2D eigenvalue weighted by molar-refractivity contribution is 5.31. The van der Waals surface area contributed by atoms with Gasteiger partial charge in [0.2, 0.25) is 0 Å². The lowest BCUT2D eigenvalue weighted by Crippen LogP contribution is -2.44. The van der Waals surface area contributed by atoms with Gasteiger partial charge in [0.05, 0.1) is 5.54 Å². The summed E-state index contributed by atoms with van der Waals surface area (Å²) in [6.07, 6.45) is 1.75. The summed E-state index contributed by atoms with van der Waals surface area (Å²) in [5.41, 5.74) is 0.218. The fourth-order valence-electron chi connectivity index (χ4n) is 2.50. The number of rotatable bonds is 1. The van der Waals surface area contributed by atoms with Gasteiger partial charge >= 0.3 is 0 Å². The normalized spacial score (nSPS) is 29.5. The van der Waals surface area contributed by atoms with E-state index in [9.17, 15) is 10.3 Å². The van der Waals surface area contributed by atoms with Gasteiger partial charge in [0.1, 0.15) is 5.75 Å². The number of aromatic hydroxyl groups is 1. The molecule has 0 spiro atoms. The van der Waals surface area contributed by atoms with E-state index in [1.165, 1.54) is 5.06 Å². The molecule has 1 aromatic carbocycles. The van der Waals surface area contributed by atoms with Crippen LogP contribution in [0, 0.1) is 0 Å². The second-order valence-electron chi connectivity index (χ2n) is 5.43. The molecule has 3 nitrogen and oxygen atoms in total. The van der Waals surface area contributed by atoms with Crippen LogP contribution in [-0.2, 0) is 10.7 Å². The highest BCUT2D eigenvalue weighted by Crippen LogP contribution is 2.45. The Bertz CT molecular complexity index is 385. The van der Waals surface area contributed by atoms with E-state index in [1.54, 1.807) is 12.1 Å². The molecule has 1 aliphatic rings. The molecule has 2 rings (SSSR count). The Morgan fingerprint density at radius 3 is 2.12 bits per heavy atom. The highest BCUT2D eigenvalue weighted by Gasteiger charge is 2.49. The fraction of sp³-hybridized carbons (Fsp3) is 0.538. The van der Waals surface area contributed by atoms with Crippen LogP contribution in [0.1, 0.15) is 39.2 Å². The van der Waals surface area contributed by atoms with Crippen LogP contribution in [0.5, 0.6) is 5.75 Å². The maximum Gasteiger partial charge on any atom is 0.115 e. The first-order valence-corrected chi connectivity index (χ1v) is 5.63. The molecule has 1 fully saturated rings. The van der Waals surface area contributed by atoms with Crippen molar-refractivity contribution in [2.24, 2.45) is 0 Å². The zero-order valence-corrected chi connectivity index (χ0v) is 10.0. The highest BCUT2D eigenvalue weighted by atomic mass is 16.5. The van der Waals surface area contributed by atoms with Crippen molar-refractivity contribution in [3.8, 4) is 5.75 Å². The molecular formula is C13H18NO2. The molecule has 1 aliphatic heterocycles. The number of hydroxylamine groups is 2. The van der Waals surface area contributed by atoms with Gasteiger partial charge in [0.15, 0.2) is 0 Å². The predicted molar refractivity (Wildman–Crippen MR) is 61.3 cm³/mol. The van der Waals surface area contributed by atoms with Crippen molar-refractivity contribution in [2.45, 2.75) is 44.7 Å². The van der Waals surface area contributed by atoms with Crippen LogP contribution in [-0.4, -0.2) is 15.7 Å². The molecule has 1 N–H and O–H groups in total. The van der Waals surface area contributed by atoms with Crippen LogP contribution in [0.25, 0.3) is 0 Å². The molecule has 0 amide bonds. The standard InChI is InChI=1S/C13H18NO2/c1-12(2)8-9-13(3,14(12)16)10-4-6-11(15)7-5-10/h4-7,15H,8-9H2,1-3H3/t13-/m0/s1. The van der Waals surface area contributed by atoms with Gasteiger partial charge < -0.3 is 5.11 Å². The first kappa shape index (κ1) is 11.4. The van der Waals surface area contributed by atoms with Gasteiger partial charge in [-0.05, 0) is 51.3 Å². The van der Waals surface area contributed by atoms with Gasteiger partial charge in [0.25, 0.3) is 0 Å². The van der Waals surface area contributed by atoms with Crippen molar-refractivity contribution in [3.05, 3.63) is 29.8 Å². The monoisotopic (exact) mass is 220 g/mol. The van der Waals surface area contributed by atoms with E-state index >= 15 is 0 Å². The Morgan fingerprint density at radius 1 is 1.12 bits per heavy atom. The van der Waals surface area contributed by atoms with Gasteiger partial charge in [-0.3, -0.25) is 0 Å². The average molecular weight is 220 g/mol. The third-order valence-corrected chi connectivity index (χ3v) is 3.71. The largest absolute Gasteiger partial charge is 0.508 e. The van der Waals surface area contributed by atoms with Crippen molar-refractivity contribution < 1.29 is 10.3 Å². The van der Waals surface area contributed by atoms with Crippen molar-refractivity contribution in [1.29, 1.82) is 0 Å². The van der Waals surface area contributed by atoms with Gasteiger partial charge in [-0.15, -0.1) is 10.3 Å². The molecular weight excluding hydrogens is 202 g/mol. The minimum atomic E-state index is -0.461. The predicted octanol–water partition coefficient (Wildman–Crippen LogP) is 2.83. The summed E-state index contributed by atoms with van der Waals surface area (Å²) in [5, 5.41) is 22.7. The molecule has 0 bridgehead atoms. The summed E-state index contributed by atoms with van der Waals surface area (Å²) in [6.45, 7) is 5.93. The number of phenols is 1. The number of phenolic OH excluding ortho intramolecular Hbond substituents is 1. The number of hydrogen-bond donors (Lipinski definition) is 1. The Morgan fingerprint density at radius 2 is 1.69 bits per heavy atom. The van der Waals surface area contributed by atoms with E-state index in [0.717, 1.165) is 18.4 Å². The van der Waals surface area contributed by atoms with Crippen LogP contribution in [0.3, 0.4) is 0 Å². The minimum absolute atomic E-state index is 0.238. The van der Waals surface area contributed by atoms with E-state index in [0.29, 0.717) is 0 Å². The lowest BCUT2D eigenvalue weighted by Gasteiger charge is -2.35. The Labute approximate surface area is 96.3 Å². The zero-order valence-electron chi connectivity index (χ0n) is 10.0. The molecule has 0 unspecified atom stereocenters. The van der Waals surface area contributed by atoms with Gasteiger partial charge in [0, 0.05) is 5.54 Å². The Hall–Kier alpha value is -1.06. The maximum atomic E-state index is 12.3. The minimum Gasteiger partial charge on any atom is -0.508 e. The molecule has 3 heteroatoms. The van der Waals surface area contributed by atoms with E-state index in [-0.39, 0.29) is 11.3 Å². The lowest BCUT2D eigenvalue weighted by molar-refractivity contribution is -0.252. The van der Waals surface area contributed by atoms with Crippen molar-refractivity contribution in [3.63, 3.8) is 0 Å². The van der Waals surface area contributed by atoms with Crippen LogP contribution in [0.4, 0.5) is 0 Å². The van der Waals surface area contributed by atoms with Crippen LogP contribution in [0.2, 0.25) is 0 Å². The number of hydrogen-bond acceptors (Lipinski definition) is 2. The second-order valence-corrected chi connectivity index (χ2v) is 5.43. The summed E-state index contributed by atoms with van der Waals surface area (Å²) in [6, 6.07) is 6.95. The molecule has 1 aromatic rings. The lowest BCUT2D eigenvalue weighted by atomic mass is 9.90. The summed E-state index contributed by atoms with van der Waals surface area (Å²) in [4.78, 5) is 0. The topological polar surface area (TPSA) is 43.4 Å². The van der Waals surface area contributed by atoms with Crippen LogP contribution in [0.15, 0.2) is 24.3 Å². The van der Waals surface area contributed by atoms with Gasteiger partial charge in [-0.25, -0.2) is 0 Å². The van der Waals surface area contributed by atoms with Crippen molar-refractivity contribution in [2.75, 3.05) is 0 Å². The zero-order chi connectivity index (χ0) is 12.0. The molecule has 16 heavy (non-hydrogen) atoms. The Kier molecular flexibility index (Phi) is 2.48. The quantitative estimate of drug-likeness (QED) is 0.790.